The lowest BCUT2D eigenvalue weighted by Crippen LogP contribution is -2.11. The average Bonchev–Trinajstić information content (AvgIpc) is 2.47. The Morgan fingerprint density at radius 2 is 1.65 bits per heavy atom. The van der Waals surface area contributed by atoms with E-state index in [-0.39, 0.29) is 6.04 Å². The van der Waals surface area contributed by atoms with Gasteiger partial charge in [-0.25, -0.2) is 9.97 Å². The zero-order chi connectivity index (χ0) is 14.5. The molecular weight excluding hydrogens is 254 g/mol. The Labute approximate surface area is 119 Å². The highest BCUT2D eigenvalue weighted by atomic mass is 16.5. The smallest absolute Gasteiger partial charge is 0.223 e. The van der Waals surface area contributed by atoms with Gasteiger partial charge in [-0.05, 0) is 43.2 Å². The number of anilines is 1. The molecule has 0 aliphatic rings. The molecule has 0 aliphatic carbocycles. The minimum Gasteiger partial charge on any atom is -0.493 e. The SMILES string of the molecule is COc1cc(C)c([C@H](C)Nc2ncccn2)cc1OC. The highest BCUT2D eigenvalue weighted by Gasteiger charge is 2.14. The van der Waals surface area contributed by atoms with Crippen LogP contribution in [0.4, 0.5) is 5.95 Å². The summed E-state index contributed by atoms with van der Waals surface area (Å²) in [4.78, 5) is 8.34. The molecule has 2 rings (SSSR count). The van der Waals surface area contributed by atoms with Crippen molar-refractivity contribution in [2.24, 2.45) is 0 Å². The van der Waals surface area contributed by atoms with Crippen LogP contribution < -0.4 is 14.8 Å². The van der Waals surface area contributed by atoms with E-state index in [0.717, 1.165) is 22.6 Å². The van der Waals surface area contributed by atoms with Gasteiger partial charge in [0.1, 0.15) is 0 Å². The first-order valence-electron chi connectivity index (χ1n) is 6.41. The summed E-state index contributed by atoms with van der Waals surface area (Å²) < 4.78 is 10.6. The van der Waals surface area contributed by atoms with E-state index in [1.54, 1.807) is 32.7 Å². The van der Waals surface area contributed by atoms with Gasteiger partial charge in [0.2, 0.25) is 5.95 Å². The van der Waals surface area contributed by atoms with Crippen molar-refractivity contribution in [3.05, 3.63) is 41.7 Å². The fourth-order valence-corrected chi connectivity index (χ4v) is 2.11. The number of aryl methyl sites for hydroxylation is 1. The van der Waals surface area contributed by atoms with E-state index in [9.17, 15) is 0 Å². The van der Waals surface area contributed by atoms with Gasteiger partial charge < -0.3 is 14.8 Å². The first kappa shape index (κ1) is 14.1. The second-order valence-corrected chi connectivity index (χ2v) is 4.50. The van der Waals surface area contributed by atoms with Gasteiger partial charge in [-0.2, -0.15) is 0 Å². The molecule has 1 heterocycles. The minimum absolute atomic E-state index is 0.0669. The summed E-state index contributed by atoms with van der Waals surface area (Å²) in [7, 11) is 3.27. The molecule has 0 fully saturated rings. The van der Waals surface area contributed by atoms with Gasteiger partial charge in [0.05, 0.1) is 20.3 Å². The van der Waals surface area contributed by atoms with E-state index in [2.05, 4.69) is 22.2 Å². The summed E-state index contributed by atoms with van der Waals surface area (Å²) in [5, 5.41) is 3.27. The Hall–Kier alpha value is -2.30. The van der Waals surface area contributed by atoms with Crippen LogP contribution in [0.25, 0.3) is 0 Å². The number of hydrogen-bond donors (Lipinski definition) is 1. The Kier molecular flexibility index (Phi) is 4.40. The molecular formula is C15H19N3O2. The van der Waals surface area contributed by atoms with Gasteiger partial charge in [-0.1, -0.05) is 0 Å². The Morgan fingerprint density at radius 1 is 1.05 bits per heavy atom. The van der Waals surface area contributed by atoms with Gasteiger partial charge in [0.25, 0.3) is 0 Å². The predicted octanol–water partition coefficient (Wildman–Crippen LogP) is 2.98. The van der Waals surface area contributed by atoms with Gasteiger partial charge in [0.15, 0.2) is 11.5 Å². The first-order valence-corrected chi connectivity index (χ1v) is 6.41. The Balaban J connectivity index is 2.27. The van der Waals surface area contributed by atoms with Crippen molar-refractivity contribution in [3.8, 4) is 11.5 Å². The molecule has 5 heteroatoms. The number of aromatic nitrogens is 2. The van der Waals surface area contributed by atoms with E-state index in [1.165, 1.54) is 0 Å². The lowest BCUT2D eigenvalue weighted by Gasteiger charge is -2.19. The number of methoxy groups -OCH3 is 2. The van der Waals surface area contributed by atoms with Crippen molar-refractivity contribution in [2.75, 3.05) is 19.5 Å². The summed E-state index contributed by atoms with van der Waals surface area (Å²) in [6, 6.07) is 5.81. The van der Waals surface area contributed by atoms with Crippen LogP contribution in [0.1, 0.15) is 24.1 Å². The molecule has 0 aliphatic heterocycles. The zero-order valence-electron chi connectivity index (χ0n) is 12.2. The lowest BCUT2D eigenvalue weighted by atomic mass is 10.0. The molecule has 2 aromatic rings. The summed E-state index contributed by atoms with van der Waals surface area (Å²) >= 11 is 0. The zero-order valence-corrected chi connectivity index (χ0v) is 12.2. The maximum absolute atomic E-state index is 5.35. The number of hydrogen-bond acceptors (Lipinski definition) is 5. The van der Waals surface area contributed by atoms with Crippen molar-refractivity contribution in [1.82, 2.24) is 9.97 Å². The van der Waals surface area contributed by atoms with Crippen molar-refractivity contribution >= 4 is 5.95 Å². The van der Waals surface area contributed by atoms with Gasteiger partial charge in [-0.15, -0.1) is 0 Å². The average molecular weight is 273 g/mol. The monoisotopic (exact) mass is 273 g/mol. The third-order valence-corrected chi connectivity index (χ3v) is 3.15. The first-order chi connectivity index (χ1) is 9.65. The summed E-state index contributed by atoms with van der Waals surface area (Å²) in [6.45, 7) is 4.10. The Bertz CT molecular complexity index is 573. The molecule has 20 heavy (non-hydrogen) atoms. The fourth-order valence-electron chi connectivity index (χ4n) is 2.11. The topological polar surface area (TPSA) is 56.3 Å². The number of nitrogens with zero attached hydrogens (tertiary/aromatic N) is 2. The van der Waals surface area contributed by atoms with Crippen molar-refractivity contribution in [1.29, 1.82) is 0 Å². The van der Waals surface area contributed by atoms with E-state index in [1.807, 2.05) is 19.1 Å². The van der Waals surface area contributed by atoms with E-state index < -0.39 is 0 Å². The molecule has 0 bridgehead atoms. The van der Waals surface area contributed by atoms with Gasteiger partial charge in [0, 0.05) is 12.4 Å². The second kappa shape index (κ2) is 6.23. The number of rotatable bonds is 5. The number of ether oxygens (including phenoxy) is 2. The molecule has 106 valence electrons. The van der Waals surface area contributed by atoms with Crippen LogP contribution in [-0.4, -0.2) is 24.2 Å². The molecule has 1 N–H and O–H groups in total. The highest BCUT2D eigenvalue weighted by Crippen LogP contribution is 2.33. The van der Waals surface area contributed by atoms with Gasteiger partial charge in [-0.3, -0.25) is 0 Å². The number of nitrogens with one attached hydrogen (secondary N) is 1. The van der Waals surface area contributed by atoms with E-state index in [4.69, 9.17) is 9.47 Å². The highest BCUT2D eigenvalue weighted by molar-refractivity contribution is 5.49. The summed E-state index contributed by atoms with van der Waals surface area (Å²) in [5.74, 6) is 2.06. The van der Waals surface area contributed by atoms with Gasteiger partial charge >= 0.3 is 0 Å². The molecule has 0 saturated carbocycles. The van der Waals surface area contributed by atoms with Crippen LogP contribution in [0.2, 0.25) is 0 Å². The maximum atomic E-state index is 5.35. The minimum atomic E-state index is 0.0669. The van der Waals surface area contributed by atoms with Crippen LogP contribution in [-0.2, 0) is 0 Å². The molecule has 5 nitrogen and oxygen atoms in total. The molecule has 0 saturated heterocycles. The standard InChI is InChI=1S/C15H19N3O2/c1-10-8-13(19-3)14(20-4)9-12(10)11(2)18-15-16-6-5-7-17-15/h5-9,11H,1-4H3,(H,16,17,18)/t11-/m0/s1. The quantitative estimate of drug-likeness (QED) is 0.907. The van der Waals surface area contributed by atoms with Crippen LogP contribution in [0.3, 0.4) is 0 Å². The molecule has 0 radical (unpaired) electrons. The molecule has 0 spiro atoms. The largest absolute Gasteiger partial charge is 0.493 e. The van der Waals surface area contributed by atoms with E-state index >= 15 is 0 Å². The van der Waals surface area contributed by atoms with Crippen molar-refractivity contribution < 1.29 is 9.47 Å². The molecule has 1 aromatic heterocycles. The van der Waals surface area contributed by atoms with Crippen molar-refractivity contribution in [2.45, 2.75) is 19.9 Å². The van der Waals surface area contributed by atoms with Crippen molar-refractivity contribution in [3.63, 3.8) is 0 Å². The third kappa shape index (κ3) is 2.99. The second-order valence-electron chi connectivity index (χ2n) is 4.50. The van der Waals surface area contributed by atoms with Crippen LogP contribution >= 0.6 is 0 Å². The molecule has 1 atom stereocenters. The van der Waals surface area contributed by atoms with Crippen LogP contribution in [0.15, 0.2) is 30.6 Å². The third-order valence-electron chi connectivity index (χ3n) is 3.15. The normalized spacial score (nSPS) is 11.8. The lowest BCUT2D eigenvalue weighted by molar-refractivity contribution is 0.354. The van der Waals surface area contributed by atoms with Crippen LogP contribution in [0, 0.1) is 6.92 Å². The molecule has 0 amide bonds. The summed E-state index contributed by atoms with van der Waals surface area (Å²) in [6.07, 6.45) is 3.42. The van der Waals surface area contributed by atoms with Crippen LogP contribution in [0.5, 0.6) is 11.5 Å². The van der Waals surface area contributed by atoms with E-state index in [0.29, 0.717) is 5.95 Å². The predicted molar refractivity (Wildman–Crippen MR) is 78.4 cm³/mol. The maximum Gasteiger partial charge on any atom is 0.223 e. The Morgan fingerprint density at radius 3 is 2.25 bits per heavy atom. The summed E-state index contributed by atoms with van der Waals surface area (Å²) in [5.41, 5.74) is 2.24. The fraction of sp³-hybridized carbons (Fsp3) is 0.333. The number of benzene rings is 1. The molecule has 0 unspecified atom stereocenters. The molecule has 1 aromatic carbocycles.